The average Bonchev–Trinajstić information content (AvgIpc) is 2.81. The topological polar surface area (TPSA) is 24.9 Å². The van der Waals surface area contributed by atoms with Crippen LogP contribution in [-0.2, 0) is 0 Å². The summed E-state index contributed by atoms with van der Waals surface area (Å²) in [5.41, 5.74) is 0. The first-order chi connectivity index (χ1) is 6.92. The predicted octanol–water partition coefficient (Wildman–Crippen LogP) is 2.68. The average molecular weight is 188 g/mol. The fraction of sp³-hybridized carbons (Fsp3) is 0.583. The van der Waals surface area contributed by atoms with E-state index in [1.807, 2.05) is 18.3 Å². The lowest BCUT2D eigenvalue weighted by Crippen LogP contribution is -2.26. The van der Waals surface area contributed by atoms with Crippen molar-refractivity contribution in [3.05, 3.63) is 24.4 Å². The van der Waals surface area contributed by atoms with E-state index in [1.54, 1.807) is 0 Å². The van der Waals surface area contributed by atoms with Crippen LogP contribution < -0.4 is 5.32 Å². The van der Waals surface area contributed by atoms with Gasteiger partial charge in [0.25, 0.3) is 0 Å². The van der Waals surface area contributed by atoms with E-state index in [4.69, 9.17) is 0 Å². The highest BCUT2D eigenvalue weighted by Crippen LogP contribution is 2.45. The smallest absolute Gasteiger partial charge is 0.126 e. The Hall–Kier alpha value is -1.05. The summed E-state index contributed by atoms with van der Waals surface area (Å²) < 4.78 is 0. The number of hydrogen-bond donors (Lipinski definition) is 1. The SMILES string of the molecule is c1ccc(NC2CC3CCC2C3)nc1. The minimum Gasteiger partial charge on any atom is -0.367 e. The molecule has 3 atom stereocenters. The molecular formula is C12H16N2. The maximum absolute atomic E-state index is 4.31. The molecule has 0 amide bonds. The van der Waals surface area contributed by atoms with Gasteiger partial charge in [-0.3, -0.25) is 0 Å². The number of anilines is 1. The first-order valence-corrected chi connectivity index (χ1v) is 5.59. The molecule has 1 heterocycles. The minimum atomic E-state index is 0.698. The molecule has 0 radical (unpaired) electrons. The molecule has 3 rings (SSSR count). The molecule has 14 heavy (non-hydrogen) atoms. The molecule has 74 valence electrons. The molecule has 0 spiro atoms. The number of hydrogen-bond acceptors (Lipinski definition) is 2. The van der Waals surface area contributed by atoms with Crippen LogP contribution in [0.4, 0.5) is 5.82 Å². The summed E-state index contributed by atoms with van der Waals surface area (Å²) in [5.74, 6) is 2.97. The molecule has 2 nitrogen and oxygen atoms in total. The first kappa shape index (κ1) is 8.27. The Bertz CT molecular complexity index is 309. The molecule has 1 aromatic heterocycles. The normalized spacial score (nSPS) is 34.7. The Labute approximate surface area is 84.7 Å². The molecule has 0 saturated heterocycles. The lowest BCUT2D eigenvalue weighted by Gasteiger charge is -2.23. The monoisotopic (exact) mass is 188 g/mol. The molecule has 2 bridgehead atoms. The molecule has 1 N–H and O–H groups in total. The quantitative estimate of drug-likeness (QED) is 0.771. The van der Waals surface area contributed by atoms with E-state index < -0.39 is 0 Å². The summed E-state index contributed by atoms with van der Waals surface area (Å²) >= 11 is 0. The van der Waals surface area contributed by atoms with Crippen molar-refractivity contribution in [2.75, 3.05) is 5.32 Å². The zero-order valence-corrected chi connectivity index (χ0v) is 8.32. The van der Waals surface area contributed by atoms with Crippen LogP contribution in [-0.4, -0.2) is 11.0 Å². The third kappa shape index (κ3) is 1.39. The zero-order chi connectivity index (χ0) is 9.38. The summed E-state index contributed by atoms with van der Waals surface area (Å²) in [6.07, 6.45) is 7.56. The third-order valence-corrected chi connectivity index (χ3v) is 3.74. The molecule has 1 aromatic rings. The predicted molar refractivity (Wildman–Crippen MR) is 57.1 cm³/mol. The van der Waals surface area contributed by atoms with Crippen molar-refractivity contribution in [2.24, 2.45) is 11.8 Å². The molecular weight excluding hydrogens is 172 g/mol. The van der Waals surface area contributed by atoms with E-state index in [0.717, 1.165) is 17.7 Å². The Morgan fingerprint density at radius 2 is 2.21 bits per heavy atom. The van der Waals surface area contributed by atoms with Crippen molar-refractivity contribution >= 4 is 5.82 Å². The van der Waals surface area contributed by atoms with Gasteiger partial charge in [0.2, 0.25) is 0 Å². The Morgan fingerprint density at radius 3 is 2.86 bits per heavy atom. The molecule has 2 aliphatic carbocycles. The molecule has 3 unspecified atom stereocenters. The van der Waals surface area contributed by atoms with Gasteiger partial charge in [0.05, 0.1) is 0 Å². The fourth-order valence-electron chi connectivity index (χ4n) is 3.06. The number of nitrogens with one attached hydrogen (secondary N) is 1. The molecule has 0 aromatic carbocycles. The van der Waals surface area contributed by atoms with Crippen molar-refractivity contribution in [3.63, 3.8) is 0 Å². The van der Waals surface area contributed by atoms with Crippen LogP contribution in [0, 0.1) is 11.8 Å². The first-order valence-electron chi connectivity index (χ1n) is 5.59. The van der Waals surface area contributed by atoms with Gasteiger partial charge in [-0.25, -0.2) is 4.98 Å². The van der Waals surface area contributed by atoms with Crippen molar-refractivity contribution < 1.29 is 0 Å². The fourth-order valence-corrected chi connectivity index (χ4v) is 3.06. The molecule has 2 aliphatic rings. The summed E-state index contributed by atoms with van der Waals surface area (Å²) in [4.78, 5) is 4.31. The highest BCUT2D eigenvalue weighted by Gasteiger charge is 2.39. The summed E-state index contributed by atoms with van der Waals surface area (Å²) in [5, 5.41) is 3.56. The summed E-state index contributed by atoms with van der Waals surface area (Å²) in [6.45, 7) is 0. The second kappa shape index (κ2) is 3.26. The van der Waals surface area contributed by atoms with Gasteiger partial charge in [-0.2, -0.15) is 0 Å². The summed E-state index contributed by atoms with van der Waals surface area (Å²) in [7, 11) is 0. The van der Waals surface area contributed by atoms with Crippen LogP contribution in [0.5, 0.6) is 0 Å². The van der Waals surface area contributed by atoms with E-state index in [9.17, 15) is 0 Å². The lowest BCUT2D eigenvalue weighted by molar-refractivity contribution is 0.439. The van der Waals surface area contributed by atoms with Gasteiger partial charge >= 0.3 is 0 Å². The number of nitrogens with zero attached hydrogens (tertiary/aromatic N) is 1. The Balaban J connectivity index is 1.69. The van der Waals surface area contributed by atoms with E-state index >= 15 is 0 Å². The molecule has 2 heteroatoms. The molecule has 2 saturated carbocycles. The maximum atomic E-state index is 4.31. The van der Waals surface area contributed by atoms with Crippen LogP contribution in [0.3, 0.4) is 0 Å². The lowest BCUT2D eigenvalue weighted by atomic mass is 9.95. The Kier molecular flexibility index (Phi) is 1.93. The maximum Gasteiger partial charge on any atom is 0.126 e. The van der Waals surface area contributed by atoms with E-state index in [1.165, 1.54) is 25.7 Å². The van der Waals surface area contributed by atoms with Crippen molar-refractivity contribution in [1.29, 1.82) is 0 Å². The highest BCUT2D eigenvalue weighted by molar-refractivity contribution is 5.35. The third-order valence-electron chi connectivity index (χ3n) is 3.74. The molecule has 0 aliphatic heterocycles. The number of pyridine rings is 1. The number of aromatic nitrogens is 1. The highest BCUT2D eigenvalue weighted by atomic mass is 15.0. The van der Waals surface area contributed by atoms with E-state index in [0.29, 0.717) is 6.04 Å². The van der Waals surface area contributed by atoms with Crippen molar-refractivity contribution in [2.45, 2.75) is 31.7 Å². The second-order valence-electron chi connectivity index (χ2n) is 4.64. The van der Waals surface area contributed by atoms with Crippen LogP contribution >= 0.6 is 0 Å². The van der Waals surface area contributed by atoms with Gasteiger partial charge in [0.1, 0.15) is 5.82 Å². The standard InChI is InChI=1S/C12H16N2/c1-2-6-13-12(3-1)14-11-8-9-4-5-10(11)7-9/h1-3,6,9-11H,4-5,7-8H2,(H,13,14). The molecule has 2 fully saturated rings. The van der Waals surface area contributed by atoms with Crippen LogP contribution in [0.15, 0.2) is 24.4 Å². The van der Waals surface area contributed by atoms with E-state index in [-0.39, 0.29) is 0 Å². The zero-order valence-electron chi connectivity index (χ0n) is 8.32. The largest absolute Gasteiger partial charge is 0.367 e. The van der Waals surface area contributed by atoms with Crippen LogP contribution in [0.25, 0.3) is 0 Å². The van der Waals surface area contributed by atoms with Gasteiger partial charge in [0, 0.05) is 12.2 Å². The Morgan fingerprint density at radius 1 is 1.21 bits per heavy atom. The van der Waals surface area contributed by atoms with Crippen LogP contribution in [0.2, 0.25) is 0 Å². The van der Waals surface area contributed by atoms with Crippen molar-refractivity contribution in [3.8, 4) is 0 Å². The summed E-state index contributed by atoms with van der Waals surface area (Å²) in [6, 6.07) is 6.77. The van der Waals surface area contributed by atoms with Gasteiger partial charge in [0.15, 0.2) is 0 Å². The van der Waals surface area contributed by atoms with Gasteiger partial charge in [-0.15, -0.1) is 0 Å². The van der Waals surface area contributed by atoms with Crippen molar-refractivity contribution in [1.82, 2.24) is 4.98 Å². The number of fused-ring (bicyclic) bond motifs is 2. The number of rotatable bonds is 2. The van der Waals surface area contributed by atoms with E-state index in [2.05, 4.69) is 16.4 Å². The van der Waals surface area contributed by atoms with Gasteiger partial charge in [-0.05, 0) is 43.2 Å². The van der Waals surface area contributed by atoms with Gasteiger partial charge in [-0.1, -0.05) is 12.5 Å². The minimum absolute atomic E-state index is 0.698. The van der Waals surface area contributed by atoms with Gasteiger partial charge < -0.3 is 5.32 Å². The second-order valence-corrected chi connectivity index (χ2v) is 4.64. The van der Waals surface area contributed by atoms with Crippen LogP contribution in [0.1, 0.15) is 25.7 Å².